The van der Waals surface area contributed by atoms with E-state index in [1.165, 1.54) is 25.7 Å². The first-order chi connectivity index (χ1) is 9.67. The summed E-state index contributed by atoms with van der Waals surface area (Å²) < 4.78 is 5.30. The Morgan fingerprint density at radius 2 is 1.95 bits per heavy atom. The number of carbonyl (C=O) groups is 1. The van der Waals surface area contributed by atoms with Gasteiger partial charge in [-0.25, -0.2) is 4.79 Å². The Morgan fingerprint density at radius 3 is 2.48 bits per heavy atom. The van der Waals surface area contributed by atoms with Crippen molar-refractivity contribution in [2.75, 3.05) is 6.54 Å². The minimum absolute atomic E-state index is 0.299. The van der Waals surface area contributed by atoms with Crippen LogP contribution in [0.1, 0.15) is 67.2 Å². The van der Waals surface area contributed by atoms with Gasteiger partial charge in [-0.05, 0) is 45.4 Å². The van der Waals surface area contributed by atoms with Gasteiger partial charge >= 0.3 is 6.09 Å². The Morgan fingerprint density at radius 1 is 1.29 bits per heavy atom. The van der Waals surface area contributed by atoms with E-state index in [0.29, 0.717) is 24.5 Å². The molecule has 1 aliphatic rings. The third kappa shape index (κ3) is 7.70. The summed E-state index contributed by atoms with van der Waals surface area (Å²) in [7, 11) is 0. The molecular formula is C17H34N2O2. The first-order valence-corrected chi connectivity index (χ1v) is 8.40. The van der Waals surface area contributed by atoms with Crippen LogP contribution in [-0.4, -0.2) is 30.3 Å². The number of ether oxygens (including phenoxy) is 1. The summed E-state index contributed by atoms with van der Waals surface area (Å²) in [5.41, 5.74) is -0.441. The summed E-state index contributed by atoms with van der Waals surface area (Å²) in [5, 5.41) is 6.63. The van der Waals surface area contributed by atoms with Gasteiger partial charge in [-0.2, -0.15) is 0 Å². The van der Waals surface area contributed by atoms with E-state index in [2.05, 4.69) is 31.4 Å². The molecule has 124 valence electrons. The molecule has 0 saturated heterocycles. The number of hydrogen-bond donors (Lipinski definition) is 2. The molecule has 1 saturated carbocycles. The third-order valence-electron chi connectivity index (χ3n) is 4.06. The lowest BCUT2D eigenvalue weighted by Crippen LogP contribution is -2.50. The standard InChI is InChI=1S/C17H34N2O2/c1-12(2)15(11-18-16(20)21-17(4,5)6)19-14-9-7-8-13(3)10-14/h12-15,19H,7-11H2,1-6H3,(H,18,20). The molecule has 0 spiro atoms. The summed E-state index contributed by atoms with van der Waals surface area (Å²) in [6, 6.07) is 0.884. The Labute approximate surface area is 130 Å². The van der Waals surface area contributed by atoms with Gasteiger partial charge in [0.05, 0.1) is 0 Å². The van der Waals surface area contributed by atoms with Crippen molar-refractivity contribution in [1.29, 1.82) is 0 Å². The van der Waals surface area contributed by atoms with E-state index in [0.717, 1.165) is 5.92 Å². The molecule has 4 nitrogen and oxygen atoms in total. The first-order valence-electron chi connectivity index (χ1n) is 8.40. The van der Waals surface area contributed by atoms with Crippen molar-refractivity contribution in [2.24, 2.45) is 11.8 Å². The van der Waals surface area contributed by atoms with Crippen LogP contribution in [0.2, 0.25) is 0 Å². The molecule has 0 bridgehead atoms. The highest BCUT2D eigenvalue weighted by atomic mass is 16.6. The average Bonchev–Trinajstić information content (AvgIpc) is 2.32. The van der Waals surface area contributed by atoms with Gasteiger partial charge in [-0.3, -0.25) is 0 Å². The molecule has 0 aromatic rings. The van der Waals surface area contributed by atoms with Crippen molar-refractivity contribution in [2.45, 2.75) is 84.9 Å². The predicted octanol–water partition coefficient (Wildman–Crippen LogP) is 3.70. The lowest BCUT2D eigenvalue weighted by Gasteiger charge is -2.33. The highest BCUT2D eigenvalue weighted by Crippen LogP contribution is 2.24. The molecule has 21 heavy (non-hydrogen) atoms. The van der Waals surface area contributed by atoms with Crippen molar-refractivity contribution in [1.82, 2.24) is 10.6 Å². The van der Waals surface area contributed by atoms with Crippen LogP contribution in [0.25, 0.3) is 0 Å². The van der Waals surface area contributed by atoms with E-state index >= 15 is 0 Å². The molecule has 3 atom stereocenters. The molecular weight excluding hydrogens is 264 g/mol. The molecule has 1 aliphatic carbocycles. The number of carbonyl (C=O) groups excluding carboxylic acids is 1. The van der Waals surface area contributed by atoms with Crippen LogP contribution in [0.3, 0.4) is 0 Å². The zero-order valence-corrected chi connectivity index (χ0v) is 14.7. The fourth-order valence-corrected chi connectivity index (χ4v) is 2.88. The SMILES string of the molecule is CC1CCCC(NC(CNC(=O)OC(C)(C)C)C(C)C)C1. The molecule has 0 aromatic carbocycles. The van der Waals surface area contributed by atoms with E-state index in [-0.39, 0.29) is 6.09 Å². The van der Waals surface area contributed by atoms with Crippen molar-refractivity contribution in [3.63, 3.8) is 0 Å². The molecule has 2 N–H and O–H groups in total. The van der Waals surface area contributed by atoms with Crippen LogP contribution in [0.5, 0.6) is 0 Å². The predicted molar refractivity (Wildman–Crippen MR) is 87.4 cm³/mol. The molecule has 1 amide bonds. The van der Waals surface area contributed by atoms with E-state index in [9.17, 15) is 4.79 Å². The summed E-state index contributed by atoms with van der Waals surface area (Å²) in [6.07, 6.45) is 4.83. The monoisotopic (exact) mass is 298 g/mol. The zero-order valence-electron chi connectivity index (χ0n) is 14.7. The summed E-state index contributed by atoms with van der Waals surface area (Å²) in [5.74, 6) is 1.29. The summed E-state index contributed by atoms with van der Waals surface area (Å²) >= 11 is 0. The van der Waals surface area contributed by atoms with Gasteiger partial charge in [0, 0.05) is 18.6 Å². The maximum absolute atomic E-state index is 11.8. The van der Waals surface area contributed by atoms with Gasteiger partial charge in [-0.15, -0.1) is 0 Å². The van der Waals surface area contributed by atoms with Gasteiger partial charge in [0.25, 0.3) is 0 Å². The quantitative estimate of drug-likeness (QED) is 0.813. The Bertz CT molecular complexity index is 323. The molecule has 4 heteroatoms. The highest BCUT2D eigenvalue weighted by molar-refractivity contribution is 5.67. The number of nitrogens with one attached hydrogen (secondary N) is 2. The molecule has 0 heterocycles. The van der Waals surface area contributed by atoms with Crippen molar-refractivity contribution in [3.05, 3.63) is 0 Å². The van der Waals surface area contributed by atoms with Crippen LogP contribution in [0, 0.1) is 11.8 Å². The average molecular weight is 298 g/mol. The molecule has 1 fully saturated rings. The van der Waals surface area contributed by atoms with Crippen molar-refractivity contribution < 1.29 is 9.53 Å². The van der Waals surface area contributed by atoms with Crippen LogP contribution < -0.4 is 10.6 Å². The van der Waals surface area contributed by atoms with Crippen molar-refractivity contribution >= 4 is 6.09 Å². The van der Waals surface area contributed by atoms with Gasteiger partial charge in [0.15, 0.2) is 0 Å². The normalized spacial score (nSPS) is 24.7. The van der Waals surface area contributed by atoms with Crippen LogP contribution >= 0.6 is 0 Å². The second-order valence-corrected chi connectivity index (χ2v) is 7.87. The lowest BCUT2D eigenvalue weighted by molar-refractivity contribution is 0.0517. The number of alkyl carbamates (subject to hydrolysis) is 1. The summed E-state index contributed by atoms with van der Waals surface area (Å²) in [6.45, 7) is 13.0. The molecule has 0 radical (unpaired) electrons. The maximum Gasteiger partial charge on any atom is 0.407 e. The Kier molecular flexibility index (Phi) is 6.98. The van der Waals surface area contributed by atoms with Crippen LogP contribution in [0.4, 0.5) is 4.79 Å². The number of rotatable bonds is 5. The van der Waals surface area contributed by atoms with E-state index in [1.54, 1.807) is 0 Å². The number of amides is 1. The second kappa shape index (κ2) is 8.02. The largest absolute Gasteiger partial charge is 0.444 e. The molecule has 0 aliphatic heterocycles. The van der Waals surface area contributed by atoms with Crippen molar-refractivity contribution in [3.8, 4) is 0 Å². The zero-order chi connectivity index (χ0) is 16.0. The fourth-order valence-electron chi connectivity index (χ4n) is 2.88. The van der Waals surface area contributed by atoms with E-state index < -0.39 is 5.60 Å². The topological polar surface area (TPSA) is 50.4 Å². The van der Waals surface area contributed by atoms with Crippen LogP contribution in [0.15, 0.2) is 0 Å². The van der Waals surface area contributed by atoms with Gasteiger partial charge in [-0.1, -0.05) is 33.6 Å². The van der Waals surface area contributed by atoms with Gasteiger partial charge < -0.3 is 15.4 Å². The van der Waals surface area contributed by atoms with Crippen LogP contribution in [-0.2, 0) is 4.74 Å². The Hall–Kier alpha value is -0.770. The maximum atomic E-state index is 11.8. The number of hydrogen-bond acceptors (Lipinski definition) is 3. The summed E-state index contributed by atoms with van der Waals surface area (Å²) in [4.78, 5) is 11.8. The van der Waals surface area contributed by atoms with E-state index in [4.69, 9.17) is 4.74 Å². The van der Waals surface area contributed by atoms with Gasteiger partial charge in [0.1, 0.15) is 5.60 Å². The first kappa shape index (κ1) is 18.3. The lowest BCUT2D eigenvalue weighted by atomic mass is 9.86. The minimum atomic E-state index is -0.441. The van der Waals surface area contributed by atoms with E-state index in [1.807, 2.05) is 20.8 Å². The fraction of sp³-hybridized carbons (Fsp3) is 0.941. The molecule has 0 aromatic heterocycles. The molecule has 1 rings (SSSR count). The highest BCUT2D eigenvalue weighted by Gasteiger charge is 2.24. The second-order valence-electron chi connectivity index (χ2n) is 7.87. The van der Waals surface area contributed by atoms with Gasteiger partial charge in [0.2, 0.25) is 0 Å². The smallest absolute Gasteiger partial charge is 0.407 e. The minimum Gasteiger partial charge on any atom is -0.444 e. The third-order valence-corrected chi connectivity index (χ3v) is 4.06. The Balaban J connectivity index is 2.41. The molecule has 3 unspecified atom stereocenters.